The highest BCUT2D eigenvalue weighted by molar-refractivity contribution is 6.10. The van der Waals surface area contributed by atoms with Gasteiger partial charge in [0.2, 0.25) is 0 Å². The molecule has 1 aromatic carbocycles. The van der Waals surface area contributed by atoms with Gasteiger partial charge >= 0.3 is 0 Å². The summed E-state index contributed by atoms with van der Waals surface area (Å²) in [5.74, 6) is 0.863. The molecule has 2 N–H and O–H groups in total. The molecule has 34 heavy (non-hydrogen) atoms. The number of hydrogen-bond donors (Lipinski definition) is 1. The van der Waals surface area contributed by atoms with Gasteiger partial charge in [-0.1, -0.05) is 6.07 Å². The molecule has 1 fully saturated rings. The molecule has 0 saturated carbocycles. The maximum absolute atomic E-state index is 5.95. The van der Waals surface area contributed by atoms with Crippen LogP contribution < -0.4 is 5.73 Å². The number of aryl methyl sites for hydroxylation is 3. The summed E-state index contributed by atoms with van der Waals surface area (Å²) in [4.78, 5) is 11.8. The maximum Gasteiger partial charge on any atom is 0.177 e. The van der Waals surface area contributed by atoms with E-state index in [0.717, 1.165) is 65.1 Å². The number of aromatic nitrogens is 5. The molecular weight excluding hydrogens is 424 g/mol. The molecule has 0 spiro atoms. The van der Waals surface area contributed by atoms with E-state index in [1.54, 1.807) is 6.20 Å². The van der Waals surface area contributed by atoms with E-state index in [9.17, 15) is 0 Å². The summed E-state index contributed by atoms with van der Waals surface area (Å²) in [6.07, 6.45) is 6.96. The topological polar surface area (TPSA) is 97.6 Å². The predicted octanol–water partition coefficient (Wildman–Crippen LogP) is 3.23. The van der Waals surface area contributed by atoms with Gasteiger partial charge in [0.15, 0.2) is 11.5 Å². The second-order valence-corrected chi connectivity index (χ2v) is 9.21. The van der Waals surface area contributed by atoms with Gasteiger partial charge in [-0.25, -0.2) is 0 Å². The summed E-state index contributed by atoms with van der Waals surface area (Å²) in [5, 5.41) is 14.2. The monoisotopic (exact) mass is 454 g/mol. The molecule has 0 bridgehead atoms. The summed E-state index contributed by atoms with van der Waals surface area (Å²) in [6, 6.07) is 13.3. The Morgan fingerprint density at radius 3 is 2.79 bits per heavy atom. The van der Waals surface area contributed by atoms with E-state index in [4.69, 9.17) is 10.7 Å². The van der Waals surface area contributed by atoms with Gasteiger partial charge in [0, 0.05) is 60.7 Å². The number of benzene rings is 1. The van der Waals surface area contributed by atoms with Crippen LogP contribution in [0.15, 0.2) is 53.8 Å². The van der Waals surface area contributed by atoms with Crippen molar-refractivity contribution in [2.75, 3.05) is 13.1 Å². The number of allylic oxidation sites excluding steroid dienone is 1. The van der Waals surface area contributed by atoms with Gasteiger partial charge in [-0.15, -0.1) is 10.2 Å². The van der Waals surface area contributed by atoms with Gasteiger partial charge in [-0.3, -0.25) is 14.9 Å². The Morgan fingerprint density at radius 2 is 2.00 bits per heavy atom. The predicted molar refractivity (Wildman–Crippen MR) is 136 cm³/mol. The Labute approximate surface area is 199 Å². The zero-order valence-corrected chi connectivity index (χ0v) is 19.9. The van der Waals surface area contributed by atoms with Gasteiger partial charge in [0.25, 0.3) is 0 Å². The van der Waals surface area contributed by atoms with Crippen LogP contribution in [0.4, 0.5) is 0 Å². The number of likely N-dealkylation sites (tertiary alicyclic amines) is 1. The maximum atomic E-state index is 5.95. The second-order valence-electron chi connectivity index (χ2n) is 9.21. The first-order chi connectivity index (χ1) is 16.5. The minimum atomic E-state index is 0.337. The van der Waals surface area contributed by atoms with Crippen LogP contribution in [0.1, 0.15) is 36.5 Å². The normalized spacial score (nSPS) is 15.7. The first-order valence-corrected chi connectivity index (χ1v) is 11.8. The highest BCUT2D eigenvalue weighted by Crippen LogP contribution is 2.21. The van der Waals surface area contributed by atoms with Crippen LogP contribution in [0.25, 0.3) is 22.1 Å². The third-order valence-corrected chi connectivity index (χ3v) is 6.40. The van der Waals surface area contributed by atoms with Crippen LogP contribution in [0, 0.1) is 6.92 Å². The van der Waals surface area contributed by atoms with Crippen molar-refractivity contribution in [1.82, 2.24) is 29.7 Å². The molecule has 1 saturated heterocycles. The van der Waals surface area contributed by atoms with E-state index in [1.165, 1.54) is 5.56 Å². The standard InChI is InChI=1S/C26H30N8/c1-17(2)33-15-23(16-33)28-14-22(12-27)21-11-20-10-19(5-7-24(20)29-13-21)6-9-26-31-30-25-8-4-18(3)32-34(25)26/h4-5,7-8,10-14,17,23H,6,9,15-16,27H2,1-3H3. The summed E-state index contributed by atoms with van der Waals surface area (Å²) in [7, 11) is 0. The number of pyridine rings is 1. The van der Waals surface area contributed by atoms with Gasteiger partial charge in [-0.05, 0) is 63.1 Å². The molecule has 0 atom stereocenters. The average Bonchev–Trinajstić information content (AvgIpc) is 3.20. The Hall–Kier alpha value is -3.65. The molecule has 0 radical (unpaired) electrons. The van der Waals surface area contributed by atoms with Crippen molar-refractivity contribution in [2.45, 2.75) is 45.7 Å². The summed E-state index contributed by atoms with van der Waals surface area (Å²) in [5.41, 5.74) is 11.7. The molecule has 0 amide bonds. The first kappa shape index (κ1) is 22.2. The fourth-order valence-electron chi connectivity index (χ4n) is 4.23. The molecule has 0 unspecified atom stereocenters. The molecule has 174 valence electrons. The number of hydrogen-bond acceptors (Lipinski definition) is 7. The van der Waals surface area contributed by atoms with Crippen LogP contribution in [0.5, 0.6) is 0 Å². The zero-order valence-electron chi connectivity index (χ0n) is 19.9. The number of rotatable bonds is 7. The summed E-state index contributed by atoms with van der Waals surface area (Å²) < 4.78 is 1.83. The van der Waals surface area contributed by atoms with Crippen molar-refractivity contribution in [1.29, 1.82) is 0 Å². The van der Waals surface area contributed by atoms with Gasteiger partial charge < -0.3 is 5.73 Å². The molecule has 4 aromatic rings. The zero-order chi connectivity index (χ0) is 23.7. The van der Waals surface area contributed by atoms with Crippen LogP contribution in [0.2, 0.25) is 0 Å². The van der Waals surface area contributed by atoms with Crippen LogP contribution in [-0.2, 0) is 12.8 Å². The van der Waals surface area contributed by atoms with E-state index < -0.39 is 0 Å². The molecule has 4 heterocycles. The lowest BCUT2D eigenvalue weighted by Gasteiger charge is -2.39. The van der Waals surface area contributed by atoms with E-state index in [0.29, 0.717) is 12.1 Å². The quantitative estimate of drug-likeness (QED) is 0.431. The molecule has 8 nitrogen and oxygen atoms in total. The molecule has 3 aromatic heterocycles. The van der Waals surface area contributed by atoms with Gasteiger partial charge in [-0.2, -0.15) is 9.61 Å². The number of aliphatic imine (C=N–C) groups is 1. The molecule has 8 heteroatoms. The molecular formula is C26H30N8. The minimum Gasteiger partial charge on any atom is -0.404 e. The Morgan fingerprint density at radius 1 is 1.15 bits per heavy atom. The fraction of sp³-hybridized carbons (Fsp3) is 0.346. The molecule has 1 aliphatic rings. The third-order valence-electron chi connectivity index (χ3n) is 6.40. The van der Waals surface area contributed by atoms with Crippen LogP contribution >= 0.6 is 0 Å². The lowest BCUT2D eigenvalue weighted by molar-refractivity contribution is 0.114. The summed E-state index contributed by atoms with van der Waals surface area (Å²) in [6.45, 7) is 8.40. The van der Waals surface area contributed by atoms with Crippen LogP contribution in [0.3, 0.4) is 0 Å². The second kappa shape index (κ2) is 9.30. The van der Waals surface area contributed by atoms with Crippen molar-refractivity contribution in [3.8, 4) is 0 Å². The highest BCUT2D eigenvalue weighted by atomic mass is 15.4. The number of nitrogens with zero attached hydrogens (tertiary/aromatic N) is 7. The van der Waals surface area contributed by atoms with Crippen LogP contribution in [-0.4, -0.2) is 61.1 Å². The number of fused-ring (bicyclic) bond motifs is 2. The van der Waals surface area contributed by atoms with Crippen molar-refractivity contribution < 1.29 is 0 Å². The number of nitrogens with two attached hydrogens (primary N) is 1. The van der Waals surface area contributed by atoms with E-state index in [2.05, 4.69) is 63.3 Å². The van der Waals surface area contributed by atoms with Crippen molar-refractivity contribution >= 4 is 28.3 Å². The van der Waals surface area contributed by atoms with E-state index in [1.807, 2.05) is 36.0 Å². The molecule has 1 aliphatic heterocycles. The minimum absolute atomic E-state index is 0.337. The fourth-order valence-corrected chi connectivity index (χ4v) is 4.23. The highest BCUT2D eigenvalue weighted by Gasteiger charge is 2.27. The van der Waals surface area contributed by atoms with Gasteiger partial charge in [0.1, 0.15) is 0 Å². The lowest BCUT2D eigenvalue weighted by Crippen LogP contribution is -2.52. The van der Waals surface area contributed by atoms with Crippen molar-refractivity contribution in [3.05, 3.63) is 71.4 Å². The van der Waals surface area contributed by atoms with E-state index >= 15 is 0 Å². The van der Waals surface area contributed by atoms with Crippen molar-refractivity contribution in [2.24, 2.45) is 10.7 Å². The van der Waals surface area contributed by atoms with Gasteiger partial charge in [0.05, 0.1) is 17.3 Å². The Balaban J connectivity index is 1.31. The SMILES string of the molecule is Cc1ccc2nnc(CCc3ccc4ncc(C(C=NC5CN(C(C)C)C5)=CN)cc4c3)n2n1. The molecule has 5 rings (SSSR count). The smallest absolute Gasteiger partial charge is 0.177 e. The lowest BCUT2D eigenvalue weighted by atomic mass is 10.0. The van der Waals surface area contributed by atoms with Crippen molar-refractivity contribution in [3.63, 3.8) is 0 Å². The largest absolute Gasteiger partial charge is 0.404 e. The Kier molecular flexibility index (Phi) is 6.06. The Bertz CT molecular complexity index is 1380. The molecule has 0 aliphatic carbocycles. The summed E-state index contributed by atoms with van der Waals surface area (Å²) >= 11 is 0. The third kappa shape index (κ3) is 4.54. The van der Waals surface area contributed by atoms with E-state index in [-0.39, 0.29) is 0 Å². The first-order valence-electron chi connectivity index (χ1n) is 11.8. The average molecular weight is 455 g/mol.